The van der Waals surface area contributed by atoms with Crippen molar-refractivity contribution in [1.82, 2.24) is 9.80 Å². The molecule has 0 aromatic carbocycles. The Morgan fingerprint density at radius 2 is 1.70 bits per heavy atom. The summed E-state index contributed by atoms with van der Waals surface area (Å²) in [6.07, 6.45) is 5.61. The highest BCUT2D eigenvalue weighted by Gasteiger charge is 2.24. The van der Waals surface area contributed by atoms with E-state index in [1.54, 1.807) is 0 Å². The van der Waals surface area contributed by atoms with Gasteiger partial charge in [-0.05, 0) is 44.9 Å². The average Bonchev–Trinajstić information content (AvgIpc) is 2.54. The lowest BCUT2D eigenvalue weighted by molar-refractivity contribution is -0.133. The zero-order valence-corrected chi connectivity index (χ0v) is 15.2. The van der Waals surface area contributed by atoms with Crippen LogP contribution in [0.4, 0.5) is 0 Å². The number of likely N-dealkylation sites (tertiary alicyclic amines) is 1. The Kier molecular flexibility index (Phi) is 9.22. The lowest BCUT2D eigenvalue weighted by Crippen LogP contribution is -2.42. The van der Waals surface area contributed by atoms with E-state index >= 15 is 0 Å². The highest BCUT2D eigenvalue weighted by molar-refractivity contribution is 5.79. The van der Waals surface area contributed by atoms with Crippen LogP contribution in [0.5, 0.6) is 0 Å². The topological polar surface area (TPSA) is 66.6 Å². The Bertz CT molecular complexity index is 357. The Labute approximate surface area is 141 Å². The normalized spacial score (nSPS) is 17.1. The van der Waals surface area contributed by atoms with Crippen LogP contribution in [-0.4, -0.2) is 53.8 Å². The maximum absolute atomic E-state index is 12.2. The van der Waals surface area contributed by atoms with Crippen molar-refractivity contribution < 1.29 is 9.59 Å². The van der Waals surface area contributed by atoms with Gasteiger partial charge in [-0.15, -0.1) is 0 Å². The van der Waals surface area contributed by atoms with E-state index in [0.29, 0.717) is 25.2 Å². The van der Waals surface area contributed by atoms with Crippen LogP contribution in [0, 0.1) is 5.92 Å². The molecule has 0 saturated carbocycles. The maximum Gasteiger partial charge on any atom is 0.222 e. The number of rotatable bonds is 9. The first-order chi connectivity index (χ1) is 11.0. The number of hydrogen-bond acceptors (Lipinski definition) is 3. The molecule has 1 saturated heterocycles. The molecule has 0 aromatic heterocycles. The molecule has 0 aromatic rings. The number of carbonyl (C=O) groups is 2. The van der Waals surface area contributed by atoms with Crippen molar-refractivity contribution in [3.8, 4) is 0 Å². The number of piperidine rings is 1. The summed E-state index contributed by atoms with van der Waals surface area (Å²) in [5.41, 5.74) is 5.93. The third-order valence-corrected chi connectivity index (χ3v) is 4.76. The summed E-state index contributed by atoms with van der Waals surface area (Å²) >= 11 is 0. The summed E-state index contributed by atoms with van der Waals surface area (Å²) in [7, 11) is 0. The fourth-order valence-electron chi connectivity index (χ4n) is 3.28. The highest BCUT2D eigenvalue weighted by atomic mass is 16.2. The van der Waals surface area contributed by atoms with Crippen molar-refractivity contribution in [2.24, 2.45) is 11.7 Å². The fraction of sp³-hybridized carbons (Fsp3) is 0.889. The van der Waals surface area contributed by atoms with Crippen LogP contribution >= 0.6 is 0 Å². The molecule has 0 bridgehead atoms. The molecule has 1 heterocycles. The summed E-state index contributed by atoms with van der Waals surface area (Å²) in [5.74, 6) is 0.924. The van der Waals surface area contributed by atoms with Crippen LogP contribution in [-0.2, 0) is 9.59 Å². The molecule has 1 fully saturated rings. The first-order valence-electron chi connectivity index (χ1n) is 9.30. The molecule has 1 aliphatic rings. The smallest absolute Gasteiger partial charge is 0.222 e. The molecule has 5 nitrogen and oxygen atoms in total. The summed E-state index contributed by atoms with van der Waals surface area (Å²) in [6, 6.07) is 0.216. The molecule has 5 heteroatoms. The van der Waals surface area contributed by atoms with Gasteiger partial charge in [0.25, 0.3) is 0 Å². The SMILES string of the molecule is CCCN(CCC)C(=O)CCCC(=O)N1CCC(C(C)N)CC1. The monoisotopic (exact) mass is 325 g/mol. The minimum Gasteiger partial charge on any atom is -0.343 e. The van der Waals surface area contributed by atoms with Crippen LogP contribution in [0.1, 0.15) is 65.7 Å². The van der Waals surface area contributed by atoms with Gasteiger partial charge in [-0.25, -0.2) is 0 Å². The lowest BCUT2D eigenvalue weighted by Gasteiger charge is -2.33. The van der Waals surface area contributed by atoms with Crippen molar-refractivity contribution in [3.63, 3.8) is 0 Å². The molecule has 2 N–H and O–H groups in total. The molecule has 134 valence electrons. The Morgan fingerprint density at radius 1 is 1.13 bits per heavy atom. The van der Waals surface area contributed by atoms with Crippen molar-refractivity contribution in [2.75, 3.05) is 26.2 Å². The number of nitrogens with zero attached hydrogens (tertiary/aromatic N) is 2. The van der Waals surface area contributed by atoms with E-state index in [9.17, 15) is 9.59 Å². The van der Waals surface area contributed by atoms with Crippen LogP contribution in [0.15, 0.2) is 0 Å². The summed E-state index contributed by atoms with van der Waals surface area (Å²) < 4.78 is 0. The summed E-state index contributed by atoms with van der Waals surface area (Å²) in [5, 5.41) is 0. The van der Waals surface area contributed by atoms with Gasteiger partial charge in [0, 0.05) is 45.1 Å². The van der Waals surface area contributed by atoms with Crippen molar-refractivity contribution >= 4 is 11.8 Å². The molecule has 1 unspecified atom stereocenters. The summed E-state index contributed by atoms with van der Waals surface area (Å²) in [6.45, 7) is 9.51. The third-order valence-electron chi connectivity index (χ3n) is 4.76. The van der Waals surface area contributed by atoms with Crippen LogP contribution in [0.25, 0.3) is 0 Å². The van der Waals surface area contributed by atoms with Gasteiger partial charge in [-0.1, -0.05) is 13.8 Å². The Morgan fingerprint density at radius 3 is 2.17 bits per heavy atom. The van der Waals surface area contributed by atoms with Crippen LogP contribution in [0.3, 0.4) is 0 Å². The zero-order chi connectivity index (χ0) is 17.2. The minimum atomic E-state index is 0.192. The molecule has 0 spiro atoms. The van der Waals surface area contributed by atoms with E-state index < -0.39 is 0 Å². The van der Waals surface area contributed by atoms with E-state index in [0.717, 1.165) is 51.9 Å². The van der Waals surface area contributed by atoms with E-state index in [2.05, 4.69) is 13.8 Å². The predicted molar refractivity (Wildman–Crippen MR) is 94.0 cm³/mol. The van der Waals surface area contributed by atoms with E-state index in [1.807, 2.05) is 16.7 Å². The van der Waals surface area contributed by atoms with Gasteiger partial charge < -0.3 is 15.5 Å². The molecule has 2 amide bonds. The van der Waals surface area contributed by atoms with Crippen molar-refractivity contribution in [1.29, 1.82) is 0 Å². The maximum atomic E-state index is 12.2. The van der Waals surface area contributed by atoms with Gasteiger partial charge in [-0.2, -0.15) is 0 Å². The third kappa shape index (κ3) is 6.90. The Hall–Kier alpha value is -1.10. The number of amides is 2. The molecule has 23 heavy (non-hydrogen) atoms. The Balaban J connectivity index is 2.27. The molecular formula is C18H35N3O2. The van der Waals surface area contributed by atoms with Gasteiger partial charge in [0.2, 0.25) is 11.8 Å². The molecule has 0 aliphatic carbocycles. The molecular weight excluding hydrogens is 290 g/mol. The highest BCUT2D eigenvalue weighted by Crippen LogP contribution is 2.20. The second-order valence-corrected chi connectivity index (χ2v) is 6.81. The lowest BCUT2D eigenvalue weighted by atomic mass is 9.91. The number of nitrogens with two attached hydrogens (primary N) is 1. The van der Waals surface area contributed by atoms with Gasteiger partial charge in [0.1, 0.15) is 0 Å². The van der Waals surface area contributed by atoms with E-state index in [-0.39, 0.29) is 17.9 Å². The number of hydrogen-bond donors (Lipinski definition) is 1. The van der Waals surface area contributed by atoms with Crippen molar-refractivity contribution in [2.45, 2.75) is 71.8 Å². The molecule has 1 rings (SSSR count). The second-order valence-electron chi connectivity index (χ2n) is 6.81. The van der Waals surface area contributed by atoms with E-state index in [4.69, 9.17) is 5.73 Å². The van der Waals surface area contributed by atoms with Crippen LogP contribution < -0.4 is 5.73 Å². The fourth-order valence-corrected chi connectivity index (χ4v) is 3.28. The van der Waals surface area contributed by atoms with Crippen molar-refractivity contribution in [3.05, 3.63) is 0 Å². The first-order valence-corrected chi connectivity index (χ1v) is 9.30. The molecule has 1 aliphatic heterocycles. The van der Waals surface area contributed by atoms with Gasteiger partial charge in [0.15, 0.2) is 0 Å². The van der Waals surface area contributed by atoms with Gasteiger partial charge in [-0.3, -0.25) is 9.59 Å². The minimum absolute atomic E-state index is 0.192. The van der Waals surface area contributed by atoms with Gasteiger partial charge >= 0.3 is 0 Å². The zero-order valence-electron chi connectivity index (χ0n) is 15.2. The van der Waals surface area contributed by atoms with Gasteiger partial charge in [0.05, 0.1) is 0 Å². The number of carbonyl (C=O) groups excluding carboxylic acids is 2. The quantitative estimate of drug-likeness (QED) is 0.708. The second kappa shape index (κ2) is 10.6. The summed E-state index contributed by atoms with van der Waals surface area (Å²) in [4.78, 5) is 28.3. The largest absolute Gasteiger partial charge is 0.343 e. The average molecular weight is 325 g/mol. The molecule has 1 atom stereocenters. The standard InChI is InChI=1S/C18H35N3O2/c1-4-11-20(12-5-2)17(22)7-6-8-18(23)21-13-9-16(10-14-21)15(3)19/h15-16H,4-14,19H2,1-3H3. The predicted octanol–water partition coefficient (Wildman–Crippen LogP) is 2.39. The van der Waals surface area contributed by atoms with Crippen LogP contribution in [0.2, 0.25) is 0 Å². The van der Waals surface area contributed by atoms with E-state index in [1.165, 1.54) is 0 Å². The first kappa shape index (κ1) is 19.9. The molecule has 0 radical (unpaired) electrons.